The molecule has 1 fully saturated rings. The van der Waals surface area contributed by atoms with Gasteiger partial charge in [-0.1, -0.05) is 24.3 Å². The summed E-state index contributed by atoms with van der Waals surface area (Å²) in [5, 5.41) is 3.09. The summed E-state index contributed by atoms with van der Waals surface area (Å²) in [6.45, 7) is 2.20. The smallest absolute Gasteiger partial charge is 0.216 e. The zero-order chi connectivity index (χ0) is 14.9. The van der Waals surface area contributed by atoms with Gasteiger partial charge in [0, 0.05) is 11.3 Å². The average Bonchev–Trinajstić information content (AvgIpc) is 3.18. The van der Waals surface area contributed by atoms with Gasteiger partial charge in [0.25, 0.3) is 0 Å². The van der Waals surface area contributed by atoms with E-state index in [1.165, 1.54) is 12.8 Å². The van der Waals surface area contributed by atoms with Crippen LogP contribution in [0.2, 0.25) is 0 Å². The topological polar surface area (TPSA) is 59.1 Å². The summed E-state index contributed by atoms with van der Waals surface area (Å²) in [5.41, 5.74) is 2.64. The van der Waals surface area contributed by atoms with Crippen LogP contribution in [-0.4, -0.2) is 13.4 Å². The molecule has 1 aromatic carbocycles. The molecule has 112 valence electrons. The predicted octanol–water partition coefficient (Wildman–Crippen LogP) is 2.95. The van der Waals surface area contributed by atoms with Crippen molar-refractivity contribution >= 4 is 21.4 Å². The number of rotatable bonds is 6. The quantitative estimate of drug-likeness (QED) is 0.889. The molecule has 1 aliphatic carbocycles. The van der Waals surface area contributed by atoms with E-state index in [-0.39, 0.29) is 12.3 Å². The van der Waals surface area contributed by atoms with Crippen LogP contribution in [0, 0.1) is 6.92 Å². The molecule has 0 spiro atoms. The molecule has 0 aliphatic heterocycles. The van der Waals surface area contributed by atoms with E-state index in [0.717, 1.165) is 21.8 Å². The summed E-state index contributed by atoms with van der Waals surface area (Å²) in [6.07, 6.45) is 2.43. The second-order valence-corrected chi connectivity index (χ2v) is 8.15. The number of benzene rings is 1. The van der Waals surface area contributed by atoms with Gasteiger partial charge in [0.15, 0.2) is 0 Å². The second kappa shape index (κ2) is 5.87. The minimum absolute atomic E-state index is 0.0132. The molecule has 0 atom stereocenters. The molecule has 4 nitrogen and oxygen atoms in total. The standard InChI is InChI=1S/C15H18N2O2S2/c1-11-4-2-3-5-13(11)10-21(18,19)16-8-14-9-20-15(17-14)12-6-7-12/h2-5,9,12,16H,6-8,10H2,1H3. The lowest BCUT2D eigenvalue weighted by Crippen LogP contribution is -2.25. The molecule has 0 unspecified atom stereocenters. The normalized spacial score (nSPS) is 15.3. The van der Waals surface area contributed by atoms with Gasteiger partial charge in [0.1, 0.15) is 0 Å². The fourth-order valence-corrected chi connectivity index (χ4v) is 4.33. The van der Waals surface area contributed by atoms with Crippen LogP contribution >= 0.6 is 11.3 Å². The third-order valence-electron chi connectivity index (χ3n) is 3.58. The van der Waals surface area contributed by atoms with Crippen molar-refractivity contribution in [3.8, 4) is 0 Å². The monoisotopic (exact) mass is 322 g/mol. The Bertz CT molecular complexity index is 734. The lowest BCUT2D eigenvalue weighted by atomic mass is 10.1. The van der Waals surface area contributed by atoms with Gasteiger partial charge in [-0.3, -0.25) is 0 Å². The number of hydrogen-bond acceptors (Lipinski definition) is 4. The summed E-state index contributed by atoms with van der Waals surface area (Å²) in [6, 6.07) is 7.55. The lowest BCUT2D eigenvalue weighted by molar-refractivity contribution is 0.579. The Hall–Kier alpha value is -1.24. The largest absolute Gasteiger partial charge is 0.245 e. The molecule has 1 aromatic heterocycles. The Morgan fingerprint density at radius 1 is 1.33 bits per heavy atom. The molecule has 0 radical (unpaired) electrons. The molecule has 0 amide bonds. The SMILES string of the molecule is Cc1ccccc1CS(=O)(=O)NCc1csc(C2CC2)n1. The highest BCUT2D eigenvalue weighted by Gasteiger charge is 2.26. The van der Waals surface area contributed by atoms with Crippen LogP contribution in [0.5, 0.6) is 0 Å². The number of aryl methyl sites for hydroxylation is 1. The molecule has 6 heteroatoms. The maximum Gasteiger partial charge on any atom is 0.216 e. The third kappa shape index (κ3) is 3.90. The van der Waals surface area contributed by atoms with Crippen LogP contribution in [-0.2, 0) is 22.3 Å². The van der Waals surface area contributed by atoms with Crippen molar-refractivity contribution in [2.75, 3.05) is 0 Å². The Morgan fingerprint density at radius 3 is 2.81 bits per heavy atom. The minimum Gasteiger partial charge on any atom is -0.245 e. The summed E-state index contributed by atoms with van der Waals surface area (Å²) >= 11 is 1.63. The van der Waals surface area contributed by atoms with Crippen molar-refractivity contribution < 1.29 is 8.42 Å². The zero-order valence-corrected chi connectivity index (χ0v) is 13.5. The van der Waals surface area contributed by atoms with Crippen molar-refractivity contribution in [1.82, 2.24) is 9.71 Å². The van der Waals surface area contributed by atoms with Crippen molar-refractivity contribution in [3.05, 3.63) is 51.5 Å². The van der Waals surface area contributed by atoms with Crippen LogP contribution in [0.25, 0.3) is 0 Å². The highest BCUT2D eigenvalue weighted by atomic mass is 32.2. The molecule has 1 saturated carbocycles. The summed E-state index contributed by atoms with van der Waals surface area (Å²) in [7, 11) is -3.34. The Morgan fingerprint density at radius 2 is 2.10 bits per heavy atom. The number of sulfonamides is 1. The van der Waals surface area contributed by atoms with Crippen LogP contribution in [0.1, 0.15) is 40.6 Å². The van der Waals surface area contributed by atoms with Crippen molar-refractivity contribution in [1.29, 1.82) is 0 Å². The molecule has 21 heavy (non-hydrogen) atoms. The van der Waals surface area contributed by atoms with Crippen molar-refractivity contribution in [3.63, 3.8) is 0 Å². The number of nitrogens with zero attached hydrogens (tertiary/aromatic N) is 1. The Labute approximate surface area is 129 Å². The lowest BCUT2D eigenvalue weighted by Gasteiger charge is -2.07. The van der Waals surface area contributed by atoms with Gasteiger partial charge in [-0.2, -0.15) is 0 Å². The van der Waals surface area contributed by atoms with Gasteiger partial charge in [0.05, 0.1) is 23.0 Å². The predicted molar refractivity (Wildman–Crippen MR) is 84.7 cm³/mol. The van der Waals surface area contributed by atoms with E-state index in [0.29, 0.717) is 5.92 Å². The fourth-order valence-electron chi connectivity index (χ4n) is 2.13. The third-order valence-corrected chi connectivity index (χ3v) is 5.91. The van der Waals surface area contributed by atoms with E-state index in [9.17, 15) is 8.42 Å². The van der Waals surface area contributed by atoms with E-state index < -0.39 is 10.0 Å². The van der Waals surface area contributed by atoms with Gasteiger partial charge in [-0.15, -0.1) is 11.3 Å². The number of thiazole rings is 1. The molecular weight excluding hydrogens is 304 g/mol. The number of nitrogens with one attached hydrogen (secondary N) is 1. The Balaban J connectivity index is 1.61. The van der Waals surface area contributed by atoms with E-state index in [2.05, 4.69) is 9.71 Å². The van der Waals surface area contributed by atoms with E-state index in [1.807, 2.05) is 36.6 Å². The van der Waals surface area contributed by atoms with Crippen LogP contribution in [0.3, 0.4) is 0 Å². The van der Waals surface area contributed by atoms with Gasteiger partial charge >= 0.3 is 0 Å². The maximum atomic E-state index is 12.1. The molecule has 2 aromatic rings. The van der Waals surface area contributed by atoms with Crippen molar-refractivity contribution in [2.45, 2.75) is 38.0 Å². The Kier molecular flexibility index (Phi) is 4.10. The first-order valence-corrected chi connectivity index (χ1v) is 9.53. The van der Waals surface area contributed by atoms with Gasteiger partial charge in [0.2, 0.25) is 10.0 Å². The van der Waals surface area contributed by atoms with Gasteiger partial charge in [-0.25, -0.2) is 18.1 Å². The highest BCUT2D eigenvalue weighted by molar-refractivity contribution is 7.88. The summed E-state index contributed by atoms with van der Waals surface area (Å²) < 4.78 is 26.9. The fraction of sp³-hybridized carbons (Fsp3) is 0.400. The minimum atomic E-state index is -3.34. The first kappa shape index (κ1) is 14.7. The second-order valence-electron chi connectivity index (χ2n) is 5.46. The maximum absolute atomic E-state index is 12.1. The summed E-state index contributed by atoms with van der Waals surface area (Å²) in [5.74, 6) is 0.631. The highest BCUT2D eigenvalue weighted by Crippen LogP contribution is 2.41. The van der Waals surface area contributed by atoms with Crippen LogP contribution in [0.15, 0.2) is 29.6 Å². The molecule has 0 bridgehead atoms. The summed E-state index contributed by atoms with van der Waals surface area (Å²) in [4.78, 5) is 4.49. The van der Waals surface area contributed by atoms with Crippen LogP contribution < -0.4 is 4.72 Å². The molecule has 1 aliphatic rings. The molecule has 1 heterocycles. The first-order valence-electron chi connectivity index (χ1n) is 7.00. The van der Waals surface area contributed by atoms with E-state index in [4.69, 9.17) is 0 Å². The zero-order valence-electron chi connectivity index (χ0n) is 11.9. The number of hydrogen-bond donors (Lipinski definition) is 1. The molecule has 3 rings (SSSR count). The van der Waals surface area contributed by atoms with Gasteiger partial charge in [-0.05, 0) is 30.9 Å². The molecular formula is C15H18N2O2S2. The van der Waals surface area contributed by atoms with Crippen LogP contribution in [0.4, 0.5) is 0 Å². The van der Waals surface area contributed by atoms with Crippen molar-refractivity contribution in [2.24, 2.45) is 0 Å². The average molecular weight is 322 g/mol. The molecule has 1 N–H and O–H groups in total. The van der Waals surface area contributed by atoms with E-state index in [1.54, 1.807) is 11.3 Å². The number of aromatic nitrogens is 1. The first-order chi connectivity index (χ1) is 10.0. The molecule has 0 saturated heterocycles. The van der Waals surface area contributed by atoms with Gasteiger partial charge < -0.3 is 0 Å². The van der Waals surface area contributed by atoms with E-state index >= 15 is 0 Å².